The molecule has 3 N–H and O–H groups in total. The van der Waals surface area contributed by atoms with E-state index in [0.29, 0.717) is 11.3 Å². The van der Waals surface area contributed by atoms with Gasteiger partial charge in [-0.3, -0.25) is 0 Å². The number of amides is 1. The topological polar surface area (TPSA) is 72.6 Å². The molecule has 0 unspecified atom stereocenters. The predicted molar refractivity (Wildman–Crippen MR) is 42.6 cm³/mol. The largest absolute Gasteiger partial charge is 0.410 e. The molecule has 0 bridgehead atoms. The molecular weight excluding hydrogens is 158 g/mol. The Labute approximate surface area is 69.6 Å². The number of nitrogens with two attached hydrogens (primary N) is 1. The second-order valence-electron chi connectivity index (χ2n) is 2.19. The average molecular weight is 167 g/mol. The highest BCUT2D eigenvalue weighted by atomic mass is 16.5. The molecule has 0 aliphatic carbocycles. The fraction of sp³-hybridized carbons (Fsp3) is 0.125. The van der Waals surface area contributed by atoms with Crippen molar-refractivity contribution in [2.45, 2.75) is 6.61 Å². The Balaban J connectivity index is 2.89. The summed E-state index contributed by atoms with van der Waals surface area (Å²) in [5.41, 5.74) is 5.34. The molecule has 0 saturated heterocycles. The van der Waals surface area contributed by atoms with E-state index in [-0.39, 0.29) is 6.61 Å². The number of aliphatic hydroxyl groups excluding tert-OH is 1. The van der Waals surface area contributed by atoms with E-state index >= 15 is 0 Å². The minimum atomic E-state index is -0.879. The monoisotopic (exact) mass is 167 g/mol. The van der Waals surface area contributed by atoms with Gasteiger partial charge in [0.15, 0.2) is 0 Å². The van der Waals surface area contributed by atoms with Gasteiger partial charge in [0.1, 0.15) is 5.75 Å². The molecule has 1 aromatic carbocycles. The fourth-order valence-electron chi connectivity index (χ4n) is 0.842. The van der Waals surface area contributed by atoms with Crippen LogP contribution >= 0.6 is 0 Å². The number of aliphatic hydroxyl groups is 1. The van der Waals surface area contributed by atoms with E-state index in [0.717, 1.165) is 0 Å². The standard InChI is InChI=1S/C8H9NO3/c9-8(11)12-7-4-2-1-3-6(7)5-10/h1-4,10H,5H2,(H2,9,11). The summed E-state index contributed by atoms with van der Waals surface area (Å²) in [6.07, 6.45) is -0.879. The Hall–Kier alpha value is -1.55. The van der Waals surface area contributed by atoms with Crippen molar-refractivity contribution in [1.29, 1.82) is 0 Å². The number of para-hydroxylation sites is 1. The first kappa shape index (κ1) is 8.55. The normalized spacial score (nSPS) is 9.42. The van der Waals surface area contributed by atoms with Gasteiger partial charge in [0, 0.05) is 5.56 Å². The van der Waals surface area contributed by atoms with Crippen LogP contribution in [-0.4, -0.2) is 11.2 Å². The molecule has 4 nitrogen and oxygen atoms in total. The quantitative estimate of drug-likeness (QED) is 0.678. The Morgan fingerprint density at radius 2 is 2.17 bits per heavy atom. The molecule has 64 valence electrons. The minimum Gasteiger partial charge on any atom is -0.410 e. The molecule has 0 aromatic heterocycles. The molecule has 0 saturated carbocycles. The van der Waals surface area contributed by atoms with Gasteiger partial charge in [0.25, 0.3) is 0 Å². The van der Waals surface area contributed by atoms with E-state index in [1.807, 2.05) is 0 Å². The number of hydrogen-bond donors (Lipinski definition) is 2. The van der Waals surface area contributed by atoms with Crippen LogP contribution in [0.15, 0.2) is 24.3 Å². The number of ether oxygens (including phenoxy) is 1. The van der Waals surface area contributed by atoms with Gasteiger partial charge in [-0.15, -0.1) is 0 Å². The summed E-state index contributed by atoms with van der Waals surface area (Å²) in [6, 6.07) is 6.64. The van der Waals surface area contributed by atoms with Crippen LogP contribution in [0, 0.1) is 0 Å². The maximum atomic E-state index is 10.4. The molecule has 1 rings (SSSR count). The SMILES string of the molecule is NC(=O)Oc1ccccc1CO. The fourth-order valence-corrected chi connectivity index (χ4v) is 0.842. The predicted octanol–water partition coefficient (Wildman–Crippen LogP) is 0.636. The lowest BCUT2D eigenvalue weighted by Gasteiger charge is -2.04. The first-order chi connectivity index (χ1) is 5.74. The first-order valence-corrected chi connectivity index (χ1v) is 3.40. The highest BCUT2D eigenvalue weighted by Gasteiger charge is 2.03. The van der Waals surface area contributed by atoms with Crippen molar-refractivity contribution in [2.75, 3.05) is 0 Å². The molecule has 4 heteroatoms. The smallest absolute Gasteiger partial charge is 0.409 e. The number of primary amides is 1. The summed E-state index contributed by atoms with van der Waals surface area (Å²) >= 11 is 0. The molecule has 0 spiro atoms. The number of rotatable bonds is 2. The first-order valence-electron chi connectivity index (χ1n) is 3.40. The third-order valence-electron chi connectivity index (χ3n) is 1.35. The van der Waals surface area contributed by atoms with Gasteiger partial charge in [-0.2, -0.15) is 0 Å². The number of carbonyl (C=O) groups is 1. The van der Waals surface area contributed by atoms with E-state index in [9.17, 15) is 4.79 Å². The summed E-state index contributed by atoms with van der Waals surface area (Å²) in [5, 5.41) is 8.80. The van der Waals surface area contributed by atoms with Crippen molar-refractivity contribution in [3.63, 3.8) is 0 Å². The van der Waals surface area contributed by atoms with Gasteiger partial charge < -0.3 is 15.6 Å². The molecule has 0 heterocycles. The highest BCUT2D eigenvalue weighted by molar-refractivity contribution is 5.68. The zero-order valence-electron chi connectivity index (χ0n) is 6.36. The maximum absolute atomic E-state index is 10.4. The van der Waals surface area contributed by atoms with E-state index in [2.05, 4.69) is 4.74 Å². The second-order valence-corrected chi connectivity index (χ2v) is 2.19. The Morgan fingerprint density at radius 3 is 2.75 bits per heavy atom. The van der Waals surface area contributed by atoms with Gasteiger partial charge in [0.05, 0.1) is 6.61 Å². The van der Waals surface area contributed by atoms with E-state index in [1.54, 1.807) is 24.3 Å². The number of benzene rings is 1. The molecule has 0 aliphatic heterocycles. The lowest BCUT2D eigenvalue weighted by atomic mass is 10.2. The summed E-state index contributed by atoms with van der Waals surface area (Å²) in [4.78, 5) is 10.4. The molecule has 12 heavy (non-hydrogen) atoms. The third-order valence-corrected chi connectivity index (χ3v) is 1.35. The summed E-state index contributed by atoms with van der Waals surface area (Å²) < 4.78 is 4.62. The minimum absolute atomic E-state index is 0.177. The van der Waals surface area contributed by atoms with Crippen molar-refractivity contribution in [1.82, 2.24) is 0 Å². The van der Waals surface area contributed by atoms with Crippen molar-refractivity contribution in [3.05, 3.63) is 29.8 Å². The molecule has 0 atom stereocenters. The van der Waals surface area contributed by atoms with Crippen molar-refractivity contribution < 1.29 is 14.6 Å². The molecular formula is C8H9NO3. The summed E-state index contributed by atoms with van der Waals surface area (Å²) in [7, 11) is 0. The van der Waals surface area contributed by atoms with Crippen molar-refractivity contribution >= 4 is 6.09 Å². The summed E-state index contributed by atoms with van der Waals surface area (Å²) in [6.45, 7) is -0.177. The molecule has 0 aliphatic rings. The van der Waals surface area contributed by atoms with Crippen LogP contribution in [0.1, 0.15) is 5.56 Å². The Morgan fingerprint density at radius 1 is 1.50 bits per heavy atom. The highest BCUT2D eigenvalue weighted by Crippen LogP contribution is 2.17. The molecule has 0 fully saturated rings. The maximum Gasteiger partial charge on any atom is 0.409 e. The average Bonchev–Trinajstić information content (AvgIpc) is 2.04. The zero-order chi connectivity index (χ0) is 8.97. The third kappa shape index (κ3) is 1.96. The van der Waals surface area contributed by atoms with Crippen molar-refractivity contribution in [3.8, 4) is 5.75 Å². The van der Waals surface area contributed by atoms with Crippen LogP contribution in [0.25, 0.3) is 0 Å². The molecule has 1 aromatic rings. The van der Waals surface area contributed by atoms with Crippen LogP contribution in [-0.2, 0) is 6.61 Å². The zero-order valence-corrected chi connectivity index (χ0v) is 6.36. The van der Waals surface area contributed by atoms with Gasteiger partial charge >= 0.3 is 6.09 Å². The lowest BCUT2D eigenvalue weighted by Crippen LogP contribution is -2.17. The van der Waals surface area contributed by atoms with Crippen LogP contribution in [0.2, 0.25) is 0 Å². The van der Waals surface area contributed by atoms with Crippen molar-refractivity contribution in [2.24, 2.45) is 5.73 Å². The van der Waals surface area contributed by atoms with Gasteiger partial charge in [0.2, 0.25) is 0 Å². The Kier molecular flexibility index (Phi) is 2.66. The number of hydrogen-bond acceptors (Lipinski definition) is 3. The number of carbonyl (C=O) groups excluding carboxylic acids is 1. The van der Waals surface area contributed by atoms with Crippen LogP contribution in [0.5, 0.6) is 5.75 Å². The van der Waals surface area contributed by atoms with Crippen LogP contribution < -0.4 is 10.5 Å². The van der Waals surface area contributed by atoms with Gasteiger partial charge in [-0.05, 0) is 6.07 Å². The second kappa shape index (κ2) is 3.73. The van der Waals surface area contributed by atoms with Crippen LogP contribution in [0.4, 0.5) is 4.79 Å². The van der Waals surface area contributed by atoms with E-state index < -0.39 is 6.09 Å². The van der Waals surface area contributed by atoms with Gasteiger partial charge in [-0.25, -0.2) is 4.79 Å². The molecule has 0 radical (unpaired) electrons. The lowest BCUT2D eigenvalue weighted by molar-refractivity contribution is 0.208. The van der Waals surface area contributed by atoms with E-state index in [1.165, 1.54) is 0 Å². The van der Waals surface area contributed by atoms with Gasteiger partial charge in [-0.1, -0.05) is 18.2 Å². The molecule has 1 amide bonds. The van der Waals surface area contributed by atoms with E-state index in [4.69, 9.17) is 10.8 Å². The Bertz CT molecular complexity index is 285. The summed E-state index contributed by atoms with van der Waals surface area (Å²) in [5.74, 6) is 0.299. The van der Waals surface area contributed by atoms with Crippen LogP contribution in [0.3, 0.4) is 0 Å².